The minimum absolute atomic E-state index is 0.107. The second kappa shape index (κ2) is 6.83. The van der Waals surface area contributed by atoms with Crippen molar-refractivity contribution < 1.29 is 0 Å². The molecule has 2 heteroatoms. The zero-order valence-electron chi connectivity index (χ0n) is 18.3. The molecule has 4 rings (SSSR count). The van der Waals surface area contributed by atoms with Crippen molar-refractivity contribution in [1.29, 1.82) is 0 Å². The molecular formula is C27H30N2+2. The van der Waals surface area contributed by atoms with Crippen LogP contribution in [0, 0.1) is 0 Å². The van der Waals surface area contributed by atoms with E-state index in [1.54, 1.807) is 0 Å². The lowest BCUT2D eigenvalue weighted by Gasteiger charge is -2.18. The standard InChI is InChI=1S/C27H30N2/c1-26(2,3)20-11-9-13-22(17-20)28-19-29(25-16-8-7-15-24(25)28)23-14-10-12-21(18-23)27(4,5)6/h7-18H,1-6H3/q+2. The van der Waals surface area contributed by atoms with E-state index in [4.69, 9.17) is 0 Å². The smallest absolute Gasteiger partial charge is 0.0580 e. The minimum Gasteiger partial charge on any atom is -0.0580 e. The largest absolute Gasteiger partial charge is 0.503 e. The van der Waals surface area contributed by atoms with E-state index in [9.17, 15) is 0 Å². The monoisotopic (exact) mass is 382 g/mol. The molecule has 0 saturated heterocycles. The number of rotatable bonds is 2. The maximum Gasteiger partial charge on any atom is 0.503 e. The Bertz CT molecular complexity index is 1060. The molecule has 2 nitrogen and oxygen atoms in total. The number of benzene rings is 3. The number of fused-ring (bicyclic) bond motifs is 1. The van der Waals surface area contributed by atoms with Crippen LogP contribution in [0.5, 0.6) is 0 Å². The van der Waals surface area contributed by atoms with Gasteiger partial charge in [-0.3, -0.25) is 0 Å². The van der Waals surface area contributed by atoms with Crippen molar-refractivity contribution in [2.45, 2.75) is 52.4 Å². The second-order valence-electron chi connectivity index (χ2n) is 9.86. The summed E-state index contributed by atoms with van der Waals surface area (Å²) in [5.41, 5.74) is 7.44. The van der Waals surface area contributed by atoms with Gasteiger partial charge < -0.3 is 0 Å². The average molecular weight is 383 g/mol. The highest BCUT2D eigenvalue weighted by Crippen LogP contribution is 2.37. The summed E-state index contributed by atoms with van der Waals surface area (Å²) in [7, 11) is 0. The average Bonchev–Trinajstić information content (AvgIpc) is 3.07. The van der Waals surface area contributed by atoms with E-state index in [2.05, 4.69) is 129 Å². The molecule has 146 valence electrons. The molecule has 0 saturated carbocycles. The summed E-state index contributed by atoms with van der Waals surface area (Å²) in [6.45, 7) is 13.5. The Kier molecular flexibility index (Phi) is 4.56. The zero-order chi connectivity index (χ0) is 20.8. The Morgan fingerprint density at radius 2 is 0.966 bits per heavy atom. The number of para-hydroxylation sites is 2. The highest BCUT2D eigenvalue weighted by Gasteiger charge is 2.36. The van der Waals surface area contributed by atoms with Crippen molar-refractivity contribution in [2.75, 3.05) is 0 Å². The van der Waals surface area contributed by atoms with Gasteiger partial charge in [0, 0.05) is 36.4 Å². The number of hydrogen-bond donors (Lipinski definition) is 0. The van der Waals surface area contributed by atoms with Crippen LogP contribution in [0.4, 0.5) is 22.7 Å². The first-order chi connectivity index (χ1) is 13.6. The van der Waals surface area contributed by atoms with E-state index in [-0.39, 0.29) is 10.8 Å². The molecule has 0 radical (unpaired) electrons. The van der Waals surface area contributed by atoms with Crippen molar-refractivity contribution in [3.8, 4) is 0 Å². The number of hydrogen-bond acceptors (Lipinski definition) is 0. The minimum atomic E-state index is 0.107. The van der Waals surface area contributed by atoms with Gasteiger partial charge in [-0.25, -0.2) is 0 Å². The van der Waals surface area contributed by atoms with Crippen LogP contribution in [0.3, 0.4) is 0 Å². The Balaban J connectivity index is 1.92. The maximum atomic E-state index is 3.61. The Labute approximate surface area is 174 Å². The third kappa shape index (κ3) is 3.69. The van der Waals surface area contributed by atoms with Crippen LogP contribution in [-0.4, -0.2) is 6.01 Å². The first-order valence-corrected chi connectivity index (χ1v) is 10.3. The van der Waals surface area contributed by atoms with Crippen LogP contribution >= 0.6 is 0 Å². The van der Waals surface area contributed by atoms with Gasteiger partial charge >= 0.3 is 6.01 Å². The highest BCUT2D eigenvalue weighted by atomic mass is 15.2. The van der Waals surface area contributed by atoms with E-state index in [0.717, 1.165) is 22.7 Å². The van der Waals surface area contributed by atoms with Gasteiger partial charge in [0.15, 0.2) is 0 Å². The van der Waals surface area contributed by atoms with Crippen molar-refractivity contribution in [3.63, 3.8) is 0 Å². The van der Waals surface area contributed by atoms with Gasteiger partial charge in [0.2, 0.25) is 11.4 Å². The van der Waals surface area contributed by atoms with Gasteiger partial charge in [0.25, 0.3) is 11.4 Å². The third-order valence-electron chi connectivity index (χ3n) is 5.50. The van der Waals surface area contributed by atoms with Crippen LogP contribution in [0.1, 0.15) is 52.7 Å². The van der Waals surface area contributed by atoms with E-state index >= 15 is 0 Å². The Morgan fingerprint density at radius 1 is 0.552 bits per heavy atom. The molecule has 0 N–H and O–H groups in total. The van der Waals surface area contributed by atoms with Crippen LogP contribution < -0.4 is 9.15 Å². The van der Waals surface area contributed by atoms with Crippen LogP contribution in [-0.2, 0) is 10.8 Å². The normalized spacial score (nSPS) is 13.7. The Hall–Kier alpha value is -2.96. The predicted molar refractivity (Wildman–Crippen MR) is 125 cm³/mol. The molecule has 0 fully saturated rings. The molecule has 3 aromatic rings. The van der Waals surface area contributed by atoms with E-state index in [1.165, 1.54) is 11.1 Å². The summed E-state index contributed by atoms with van der Waals surface area (Å²) in [6.07, 6.45) is 0. The van der Waals surface area contributed by atoms with Gasteiger partial charge in [-0.2, -0.15) is 0 Å². The molecule has 0 atom stereocenters. The molecule has 1 aliphatic heterocycles. The molecule has 1 heterocycles. The zero-order valence-corrected chi connectivity index (χ0v) is 18.3. The van der Waals surface area contributed by atoms with E-state index in [1.807, 2.05) is 0 Å². The quantitative estimate of drug-likeness (QED) is 0.325. The summed E-state index contributed by atoms with van der Waals surface area (Å²) in [5.74, 6) is 0. The van der Waals surface area contributed by atoms with E-state index in [0.29, 0.717) is 0 Å². The number of nitrogens with zero attached hydrogens (tertiary/aromatic N) is 2. The van der Waals surface area contributed by atoms with Crippen molar-refractivity contribution >= 4 is 28.8 Å². The summed E-state index contributed by atoms with van der Waals surface area (Å²) in [5, 5.41) is 0. The first-order valence-electron chi connectivity index (χ1n) is 10.3. The predicted octanol–water partition coefficient (Wildman–Crippen LogP) is 7.14. The maximum absolute atomic E-state index is 3.61. The summed E-state index contributed by atoms with van der Waals surface area (Å²) < 4.78 is 4.35. The molecule has 3 aromatic carbocycles. The molecule has 0 aromatic heterocycles. The lowest BCUT2D eigenvalue weighted by molar-refractivity contribution is 0.590. The fourth-order valence-electron chi connectivity index (χ4n) is 3.67. The van der Waals surface area contributed by atoms with E-state index < -0.39 is 0 Å². The van der Waals surface area contributed by atoms with Gasteiger partial charge in [0.1, 0.15) is 0 Å². The van der Waals surface area contributed by atoms with Gasteiger partial charge in [-0.1, -0.05) is 77.9 Å². The van der Waals surface area contributed by atoms with Gasteiger partial charge in [-0.15, -0.1) is 0 Å². The van der Waals surface area contributed by atoms with Crippen molar-refractivity contribution in [3.05, 3.63) is 83.9 Å². The van der Waals surface area contributed by atoms with Crippen LogP contribution in [0.2, 0.25) is 0 Å². The van der Waals surface area contributed by atoms with Crippen molar-refractivity contribution in [1.82, 2.24) is 9.15 Å². The second-order valence-corrected chi connectivity index (χ2v) is 9.86. The molecule has 0 aliphatic carbocycles. The van der Waals surface area contributed by atoms with Gasteiger partial charge in [0.05, 0.1) is 0 Å². The molecule has 0 bridgehead atoms. The molecular weight excluding hydrogens is 352 g/mol. The highest BCUT2D eigenvalue weighted by molar-refractivity contribution is 5.84. The Morgan fingerprint density at radius 3 is 1.34 bits per heavy atom. The SMILES string of the molecule is CC(C)(C)c1cccc([N+]2=C=[N+](c3cccc(C(C)(C)C)c3)c3ccccc32)c1. The topological polar surface area (TPSA) is 6.02 Å². The fourth-order valence-corrected chi connectivity index (χ4v) is 3.67. The van der Waals surface area contributed by atoms with Crippen molar-refractivity contribution in [2.24, 2.45) is 0 Å². The summed E-state index contributed by atoms with van der Waals surface area (Å²) in [4.78, 5) is 0. The third-order valence-corrected chi connectivity index (χ3v) is 5.50. The molecule has 0 amide bonds. The lowest BCUT2D eigenvalue weighted by atomic mass is 9.87. The van der Waals surface area contributed by atoms with Crippen LogP contribution in [0.25, 0.3) is 0 Å². The van der Waals surface area contributed by atoms with Gasteiger partial charge in [-0.05, 0) is 31.1 Å². The molecule has 29 heavy (non-hydrogen) atoms. The fraction of sp³-hybridized carbons (Fsp3) is 0.296. The summed E-state index contributed by atoms with van der Waals surface area (Å²) in [6, 6.07) is 29.7. The molecule has 1 aliphatic rings. The first kappa shape index (κ1) is 19.4. The molecule has 0 spiro atoms. The summed E-state index contributed by atoms with van der Waals surface area (Å²) >= 11 is 0. The lowest BCUT2D eigenvalue weighted by Crippen LogP contribution is -2.12. The molecule has 0 unspecified atom stereocenters. The van der Waals surface area contributed by atoms with Crippen LogP contribution in [0.15, 0.2) is 72.8 Å².